The minimum atomic E-state index is 0.208. The molecule has 0 heterocycles. The molecule has 0 aromatic heterocycles. The first-order valence-corrected chi connectivity index (χ1v) is 7.00. The van der Waals surface area contributed by atoms with Gasteiger partial charge in [-0.25, -0.2) is 0 Å². The highest BCUT2D eigenvalue weighted by Gasteiger charge is 2.12. The van der Waals surface area contributed by atoms with E-state index < -0.39 is 0 Å². The van der Waals surface area contributed by atoms with E-state index >= 15 is 0 Å². The average Bonchev–Trinajstić information content (AvgIpc) is 2.33. The summed E-state index contributed by atoms with van der Waals surface area (Å²) in [6.45, 7) is 10.1. The van der Waals surface area contributed by atoms with Gasteiger partial charge in [-0.1, -0.05) is 26.0 Å². The fourth-order valence-corrected chi connectivity index (χ4v) is 1.92. The van der Waals surface area contributed by atoms with Gasteiger partial charge in [-0.05, 0) is 37.5 Å². The summed E-state index contributed by atoms with van der Waals surface area (Å²) in [5.41, 5.74) is 1.24. The van der Waals surface area contributed by atoms with Crippen LogP contribution in [0.5, 0.6) is 5.75 Å². The van der Waals surface area contributed by atoms with E-state index in [1.165, 1.54) is 5.56 Å². The van der Waals surface area contributed by atoms with Gasteiger partial charge in [-0.3, -0.25) is 0 Å². The molecule has 1 unspecified atom stereocenters. The van der Waals surface area contributed by atoms with Gasteiger partial charge in [0, 0.05) is 19.7 Å². The molecule has 0 fully saturated rings. The van der Waals surface area contributed by atoms with Crippen molar-refractivity contribution in [2.75, 3.05) is 13.7 Å². The van der Waals surface area contributed by atoms with Gasteiger partial charge < -0.3 is 14.8 Å². The van der Waals surface area contributed by atoms with E-state index in [-0.39, 0.29) is 6.10 Å². The van der Waals surface area contributed by atoms with Gasteiger partial charge >= 0.3 is 0 Å². The van der Waals surface area contributed by atoms with Crippen molar-refractivity contribution in [1.29, 1.82) is 0 Å². The quantitative estimate of drug-likeness (QED) is 0.783. The van der Waals surface area contributed by atoms with E-state index in [0.717, 1.165) is 18.9 Å². The third-order valence-electron chi connectivity index (χ3n) is 2.99. The molecule has 0 saturated carbocycles. The Labute approximate surface area is 117 Å². The van der Waals surface area contributed by atoms with Crippen LogP contribution in [-0.4, -0.2) is 25.9 Å². The van der Waals surface area contributed by atoms with E-state index in [1.807, 2.05) is 26.0 Å². The van der Waals surface area contributed by atoms with Crippen molar-refractivity contribution in [2.24, 2.45) is 5.92 Å². The molecule has 1 N–H and O–H groups in total. The first-order valence-electron chi connectivity index (χ1n) is 7.00. The predicted molar refractivity (Wildman–Crippen MR) is 79.5 cm³/mol. The lowest BCUT2D eigenvalue weighted by Gasteiger charge is -2.21. The lowest BCUT2D eigenvalue weighted by Crippen LogP contribution is -2.37. The number of benzene rings is 1. The Morgan fingerprint density at radius 1 is 1.16 bits per heavy atom. The summed E-state index contributed by atoms with van der Waals surface area (Å²) in [5, 5.41) is 3.54. The number of nitrogens with one attached hydrogen (secondary N) is 1. The van der Waals surface area contributed by atoms with Crippen LogP contribution in [0.25, 0.3) is 0 Å². The van der Waals surface area contributed by atoms with Crippen molar-refractivity contribution in [3.8, 4) is 5.75 Å². The molecule has 0 aliphatic heterocycles. The van der Waals surface area contributed by atoms with Gasteiger partial charge in [-0.15, -0.1) is 0 Å². The second-order valence-corrected chi connectivity index (χ2v) is 5.50. The van der Waals surface area contributed by atoms with Crippen molar-refractivity contribution >= 4 is 0 Å². The summed E-state index contributed by atoms with van der Waals surface area (Å²) < 4.78 is 10.9. The van der Waals surface area contributed by atoms with Crippen LogP contribution in [0.1, 0.15) is 33.3 Å². The number of rotatable bonds is 8. The molecule has 0 amide bonds. The topological polar surface area (TPSA) is 30.5 Å². The maximum absolute atomic E-state index is 5.70. The van der Waals surface area contributed by atoms with E-state index in [0.29, 0.717) is 12.0 Å². The van der Waals surface area contributed by atoms with Crippen molar-refractivity contribution in [3.05, 3.63) is 29.8 Å². The summed E-state index contributed by atoms with van der Waals surface area (Å²) in [6, 6.07) is 8.62. The van der Waals surface area contributed by atoms with Crippen LogP contribution in [0.4, 0.5) is 0 Å². The Morgan fingerprint density at radius 3 is 2.47 bits per heavy atom. The first kappa shape index (κ1) is 16.0. The van der Waals surface area contributed by atoms with Crippen molar-refractivity contribution in [3.63, 3.8) is 0 Å². The Morgan fingerprint density at radius 2 is 1.89 bits per heavy atom. The smallest absolute Gasteiger partial charge is 0.120 e. The lowest BCUT2D eigenvalue weighted by atomic mass is 10.0. The van der Waals surface area contributed by atoms with Gasteiger partial charge in [-0.2, -0.15) is 0 Å². The fraction of sp³-hybridized carbons (Fsp3) is 0.625. The van der Waals surface area contributed by atoms with Crippen LogP contribution in [-0.2, 0) is 11.3 Å². The maximum atomic E-state index is 5.70. The molecule has 0 bridgehead atoms. The molecular formula is C16H27NO2. The highest BCUT2D eigenvalue weighted by molar-refractivity contribution is 5.28. The second-order valence-electron chi connectivity index (χ2n) is 5.50. The third kappa shape index (κ3) is 6.08. The molecule has 3 nitrogen and oxygen atoms in total. The normalized spacial score (nSPS) is 13.0. The summed E-state index contributed by atoms with van der Waals surface area (Å²) in [7, 11) is 1.74. The van der Waals surface area contributed by atoms with E-state index in [9.17, 15) is 0 Å². The van der Waals surface area contributed by atoms with Crippen LogP contribution >= 0.6 is 0 Å². The SMILES string of the molecule is COCC(NCc1cccc(OC(C)C)c1)C(C)C. The molecule has 0 aliphatic rings. The standard InChI is InChI=1S/C16H27NO2/c1-12(2)16(11-18-5)17-10-14-7-6-8-15(9-14)19-13(3)4/h6-9,12-13,16-17H,10-11H2,1-5H3. The Kier molecular flexibility index (Phi) is 6.89. The summed E-state index contributed by atoms with van der Waals surface area (Å²) in [6.07, 6.45) is 0.208. The molecule has 1 aromatic rings. The second kappa shape index (κ2) is 8.18. The van der Waals surface area contributed by atoms with Gasteiger partial charge in [0.2, 0.25) is 0 Å². The fourth-order valence-electron chi connectivity index (χ4n) is 1.92. The average molecular weight is 265 g/mol. The third-order valence-corrected chi connectivity index (χ3v) is 2.99. The Hall–Kier alpha value is -1.06. The minimum absolute atomic E-state index is 0.208. The Bertz CT molecular complexity index is 364. The van der Waals surface area contributed by atoms with E-state index in [1.54, 1.807) is 7.11 Å². The molecule has 108 valence electrons. The van der Waals surface area contributed by atoms with E-state index in [4.69, 9.17) is 9.47 Å². The molecule has 19 heavy (non-hydrogen) atoms. The molecular weight excluding hydrogens is 238 g/mol. The van der Waals surface area contributed by atoms with Gasteiger partial charge in [0.05, 0.1) is 12.7 Å². The summed E-state index contributed by atoms with van der Waals surface area (Å²) in [5.74, 6) is 1.48. The lowest BCUT2D eigenvalue weighted by molar-refractivity contribution is 0.146. The number of ether oxygens (including phenoxy) is 2. The molecule has 3 heteroatoms. The zero-order valence-corrected chi connectivity index (χ0v) is 12.8. The number of hydrogen-bond donors (Lipinski definition) is 1. The summed E-state index contributed by atoms with van der Waals surface area (Å²) in [4.78, 5) is 0. The largest absolute Gasteiger partial charge is 0.491 e. The van der Waals surface area contributed by atoms with Gasteiger partial charge in [0.15, 0.2) is 0 Å². The highest BCUT2D eigenvalue weighted by Crippen LogP contribution is 2.15. The molecule has 1 atom stereocenters. The zero-order valence-electron chi connectivity index (χ0n) is 12.8. The first-order chi connectivity index (χ1) is 9.02. The molecule has 1 rings (SSSR count). The molecule has 0 saturated heterocycles. The monoisotopic (exact) mass is 265 g/mol. The molecule has 0 spiro atoms. The van der Waals surface area contributed by atoms with Crippen LogP contribution < -0.4 is 10.1 Å². The van der Waals surface area contributed by atoms with Crippen LogP contribution in [0.3, 0.4) is 0 Å². The van der Waals surface area contributed by atoms with Gasteiger partial charge in [0.1, 0.15) is 5.75 Å². The maximum Gasteiger partial charge on any atom is 0.120 e. The molecule has 0 aliphatic carbocycles. The van der Waals surface area contributed by atoms with Crippen molar-refractivity contribution in [2.45, 2.75) is 46.4 Å². The predicted octanol–water partition coefficient (Wildman–Crippen LogP) is 3.23. The number of hydrogen-bond acceptors (Lipinski definition) is 3. The van der Waals surface area contributed by atoms with Gasteiger partial charge in [0.25, 0.3) is 0 Å². The molecule has 1 aromatic carbocycles. The van der Waals surface area contributed by atoms with Crippen LogP contribution in [0, 0.1) is 5.92 Å². The van der Waals surface area contributed by atoms with Crippen LogP contribution in [0.15, 0.2) is 24.3 Å². The molecule has 0 radical (unpaired) electrons. The zero-order chi connectivity index (χ0) is 14.3. The number of methoxy groups -OCH3 is 1. The van der Waals surface area contributed by atoms with Crippen LogP contribution in [0.2, 0.25) is 0 Å². The Balaban J connectivity index is 2.56. The van der Waals surface area contributed by atoms with E-state index in [2.05, 4.69) is 31.3 Å². The minimum Gasteiger partial charge on any atom is -0.491 e. The van der Waals surface area contributed by atoms with Crippen molar-refractivity contribution in [1.82, 2.24) is 5.32 Å². The summed E-state index contributed by atoms with van der Waals surface area (Å²) >= 11 is 0. The highest BCUT2D eigenvalue weighted by atomic mass is 16.5. The van der Waals surface area contributed by atoms with Crippen molar-refractivity contribution < 1.29 is 9.47 Å².